The fraction of sp³-hybridized carbons (Fsp3) is 0.188. The van der Waals surface area contributed by atoms with Gasteiger partial charge < -0.3 is 20.0 Å². The van der Waals surface area contributed by atoms with E-state index in [9.17, 15) is 9.59 Å². The number of aromatic amines is 1. The molecule has 0 aliphatic heterocycles. The Hall–Kier alpha value is -2.80. The minimum absolute atomic E-state index is 0.231. The Kier molecular flexibility index (Phi) is 4.02. The third-order valence-electron chi connectivity index (χ3n) is 3.63. The van der Waals surface area contributed by atoms with Crippen LogP contribution in [-0.2, 0) is 11.8 Å². The molecule has 0 spiro atoms. The van der Waals surface area contributed by atoms with Gasteiger partial charge in [-0.3, -0.25) is 4.79 Å². The van der Waals surface area contributed by atoms with Crippen molar-refractivity contribution < 1.29 is 14.3 Å². The van der Waals surface area contributed by atoms with Gasteiger partial charge in [0.05, 0.1) is 16.6 Å². The number of aromatic nitrogens is 3. The lowest BCUT2D eigenvalue weighted by atomic mass is 10.3. The summed E-state index contributed by atoms with van der Waals surface area (Å²) in [6, 6.07) is 6.66. The molecule has 1 amide bonds. The third kappa shape index (κ3) is 2.98. The van der Waals surface area contributed by atoms with Crippen molar-refractivity contribution in [1.82, 2.24) is 14.5 Å². The second-order valence-corrected chi connectivity index (χ2v) is 5.86. The van der Waals surface area contributed by atoms with Crippen LogP contribution < -0.4 is 5.73 Å². The summed E-state index contributed by atoms with van der Waals surface area (Å²) >= 11 is 5.94. The van der Waals surface area contributed by atoms with E-state index in [1.54, 1.807) is 32.2 Å². The number of hydrogen-bond acceptors (Lipinski definition) is 4. The highest BCUT2D eigenvalue weighted by atomic mass is 35.5. The highest BCUT2D eigenvalue weighted by molar-refractivity contribution is 6.31. The molecule has 1 aromatic carbocycles. The maximum atomic E-state index is 12.3. The molecule has 3 aromatic rings. The average molecular weight is 347 g/mol. The molecule has 3 rings (SSSR count). The fourth-order valence-electron chi connectivity index (χ4n) is 2.37. The maximum Gasteiger partial charge on any atom is 0.355 e. The minimum atomic E-state index is -0.605. The van der Waals surface area contributed by atoms with Gasteiger partial charge in [0.15, 0.2) is 6.10 Å². The zero-order valence-corrected chi connectivity index (χ0v) is 13.8. The van der Waals surface area contributed by atoms with E-state index in [2.05, 4.69) is 9.97 Å². The predicted molar refractivity (Wildman–Crippen MR) is 88.9 cm³/mol. The van der Waals surface area contributed by atoms with Gasteiger partial charge in [0.1, 0.15) is 11.5 Å². The van der Waals surface area contributed by atoms with Crippen molar-refractivity contribution in [3.63, 3.8) is 0 Å². The van der Waals surface area contributed by atoms with Crippen LogP contribution in [0.3, 0.4) is 0 Å². The van der Waals surface area contributed by atoms with E-state index >= 15 is 0 Å². The number of carbonyl (C=O) groups excluding carboxylic acids is 2. The van der Waals surface area contributed by atoms with Gasteiger partial charge in [-0.2, -0.15) is 0 Å². The number of fused-ring (bicyclic) bond motifs is 1. The molecule has 0 bridgehead atoms. The molecule has 0 radical (unpaired) electrons. The molecule has 0 saturated heterocycles. The molecular weight excluding hydrogens is 332 g/mol. The van der Waals surface area contributed by atoms with Crippen LogP contribution in [0.1, 0.15) is 39.7 Å². The first-order valence-corrected chi connectivity index (χ1v) is 7.55. The Balaban J connectivity index is 1.81. The number of nitrogens with one attached hydrogen (secondary N) is 1. The number of nitrogens with zero attached hydrogens (tertiary/aromatic N) is 2. The summed E-state index contributed by atoms with van der Waals surface area (Å²) in [5, 5.41) is 0.588. The van der Waals surface area contributed by atoms with Gasteiger partial charge in [-0.15, -0.1) is 0 Å². The summed E-state index contributed by atoms with van der Waals surface area (Å²) in [5.74, 6) is -0.673. The Morgan fingerprint density at radius 1 is 1.38 bits per heavy atom. The molecule has 1 atom stereocenters. The van der Waals surface area contributed by atoms with E-state index in [0.717, 1.165) is 11.0 Å². The summed E-state index contributed by atoms with van der Waals surface area (Å²) in [6.07, 6.45) is 0.878. The van der Waals surface area contributed by atoms with Gasteiger partial charge in [0.2, 0.25) is 5.91 Å². The normalized spacial score (nSPS) is 12.3. The van der Waals surface area contributed by atoms with Crippen molar-refractivity contribution in [2.75, 3.05) is 0 Å². The number of carbonyl (C=O) groups is 2. The number of halogens is 1. The van der Waals surface area contributed by atoms with Crippen LogP contribution in [0.2, 0.25) is 5.02 Å². The first-order chi connectivity index (χ1) is 11.3. The lowest BCUT2D eigenvalue weighted by Gasteiger charge is -2.11. The standard InChI is InChI=1S/C16H15ClN4O3/c1-8(15-19-11-4-3-10(17)6-12(11)20-15)24-16(23)13-5-9(14(18)22)7-21(13)2/h3-8H,1-2H3,(H2,18,22)(H,19,20)/t8-/m0/s1. The highest BCUT2D eigenvalue weighted by Crippen LogP contribution is 2.22. The minimum Gasteiger partial charge on any atom is -0.450 e. The fourth-order valence-corrected chi connectivity index (χ4v) is 2.55. The summed E-state index contributed by atoms with van der Waals surface area (Å²) < 4.78 is 6.91. The van der Waals surface area contributed by atoms with Crippen molar-refractivity contribution in [2.24, 2.45) is 12.8 Å². The predicted octanol–water partition coefficient (Wildman–Crippen LogP) is 2.57. The zero-order chi connectivity index (χ0) is 17.4. The number of esters is 1. The Morgan fingerprint density at radius 3 is 2.79 bits per heavy atom. The van der Waals surface area contributed by atoms with Crippen LogP contribution in [0.15, 0.2) is 30.5 Å². The second kappa shape index (κ2) is 6.01. The van der Waals surface area contributed by atoms with E-state index in [0.29, 0.717) is 10.8 Å². The third-order valence-corrected chi connectivity index (χ3v) is 3.86. The summed E-state index contributed by atoms with van der Waals surface area (Å²) in [4.78, 5) is 30.9. The molecule has 0 fully saturated rings. The van der Waals surface area contributed by atoms with Crippen LogP contribution >= 0.6 is 11.6 Å². The van der Waals surface area contributed by atoms with Gasteiger partial charge in [-0.05, 0) is 31.2 Å². The van der Waals surface area contributed by atoms with Gasteiger partial charge >= 0.3 is 5.97 Å². The van der Waals surface area contributed by atoms with Crippen LogP contribution in [0.4, 0.5) is 0 Å². The van der Waals surface area contributed by atoms with Crippen LogP contribution in [-0.4, -0.2) is 26.4 Å². The lowest BCUT2D eigenvalue weighted by molar-refractivity contribution is 0.0311. The first-order valence-electron chi connectivity index (χ1n) is 7.17. The number of benzene rings is 1. The molecule has 8 heteroatoms. The van der Waals surface area contributed by atoms with Crippen LogP contribution in [0, 0.1) is 0 Å². The van der Waals surface area contributed by atoms with E-state index in [1.165, 1.54) is 16.8 Å². The van der Waals surface area contributed by atoms with E-state index < -0.39 is 18.0 Å². The van der Waals surface area contributed by atoms with Crippen molar-refractivity contribution in [1.29, 1.82) is 0 Å². The summed E-state index contributed by atoms with van der Waals surface area (Å²) in [5.41, 5.74) is 7.18. The average Bonchev–Trinajstić information content (AvgIpc) is 3.10. The van der Waals surface area contributed by atoms with Gasteiger partial charge in [0.25, 0.3) is 0 Å². The Morgan fingerprint density at radius 2 is 2.12 bits per heavy atom. The van der Waals surface area contributed by atoms with E-state index in [1.807, 2.05) is 0 Å². The highest BCUT2D eigenvalue weighted by Gasteiger charge is 2.20. The quantitative estimate of drug-likeness (QED) is 0.708. The number of amides is 1. The van der Waals surface area contributed by atoms with Gasteiger partial charge in [-0.25, -0.2) is 9.78 Å². The maximum absolute atomic E-state index is 12.3. The lowest BCUT2D eigenvalue weighted by Crippen LogP contribution is -2.13. The summed E-state index contributed by atoms with van der Waals surface area (Å²) in [7, 11) is 1.64. The number of imidazole rings is 1. The Bertz CT molecular complexity index is 944. The SMILES string of the molecule is C[C@H](OC(=O)c1cc(C(N)=O)cn1C)c1nc2ccc(Cl)cc2[nH]1. The molecular formula is C16H15ClN4O3. The van der Waals surface area contributed by atoms with Crippen molar-refractivity contribution >= 4 is 34.5 Å². The number of nitrogens with two attached hydrogens (primary N) is 1. The molecule has 0 aliphatic rings. The molecule has 2 heterocycles. The second-order valence-electron chi connectivity index (χ2n) is 5.42. The van der Waals surface area contributed by atoms with Crippen LogP contribution in [0.25, 0.3) is 11.0 Å². The van der Waals surface area contributed by atoms with E-state index in [4.69, 9.17) is 22.1 Å². The van der Waals surface area contributed by atoms with E-state index in [-0.39, 0.29) is 11.3 Å². The summed E-state index contributed by atoms with van der Waals surface area (Å²) in [6.45, 7) is 1.70. The first kappa shape index (κ1) is 16.1. The molecule has 124 valence electrons. The van der Waals surface area contributed by atoms with Crippen molar-refractivity contribution in [2.45, 2.75) is 13.0 Å². The molecule has 7 nitrogen and oxygen atoms in total. The smallest absolute Gasteiger partial charge is 0.355 e. The van der Waals surface area contributed by atoms with Crippen molar-refractivity contribution in [3.05, 3.63) is 52.6 Å². The number of aryl methyl sites for hydroxylation is 1. The molecule has 0 aliphatic carbocycles. The topological polar surface area (TPSA) is 103 Å². The molecule has 24 heavy (non-hydrogen) atoms. The number of primary amides is 1. The zero-order valence-electron chi connectivity index (χ0n) is 13.0. The molecule has 3 N–H and O–H groups in total. The number of rotatable bonds is 4. The number of hydrogen-bond donors (Lipinski definition) is 2. The largest absolute Gasteiger partial charge is 0.450 e. The molecule has 0 unspecified atom stereocenters. The molecule has 0 saturated carbocycles. The van der Waals surface area contributed by atoms with Crippen molar-refractivity contribution in [3.8, 4) is 0 Å². The Labute approximate surface area is 142 Å². The van der Waals surface area contributed by atoms with Crippen LogP contribution in [0.5, 0.6) is 0 Å². The number of ether oxygens (including phenoxy) is 1. The monoisotopic (exact) mass is 346 g/mol. The van der Waals surface area contributed by atoms with Gasteiger partial charge in [-0.1, -0.05) is 11.6 Å². The molecule has 2 aromatic heterocycles. The van der Waals surface area contributed by atoms with Gasteiger partial charge in [0, 0.05) is 18.3 Å². The number of H-pyrrole nitrogens is 1.